The van der Waals surface area contributed by atoms with Gasteiger partial charge in [0.1, 0.15) is 11.9 Å². The highest BCUT2D eigenvalue weighted by atomic mass is 16.5. The van der Waals surface area contributed by atoms with Gasteiger partial charge in [-0.15, -0.1) is 0 Å². The molecule has 0 amide bonds. The Balaban J connectivity index is 1.28. The van der Waals surface area contributed by atoms with Crippen molar-refractivity contribution in [1.82, 2.24) is 19.9 Å². The average molecular weight is 332 g/mol. The molecule has 0 unspecified atom stereocenters. The molecule has 1 saturated carbocycles. The van der Waals surface area contributed by atoms with E-state index in [1.54, 1.807) is 12.3 Å². The summed E-state index contributed by atoms with van der Waals surface area (Å²) >= 11 is 0. The third kappa shape index (κ3) is 3.38. The topological polar surface area (TPSA) is 78.8 Å². The molecule has 4 rings (SSSR count). The Morgan fingerprint density at radius 2 is 2.08 bits per heavy atom. The summed E-state index contributed by atoms with van der Waals surface area (Å²) < 4.78 is 10.7. The van der Waals surface area contributed by atoms with Crippen LogP contribution < -0.4 is 0 Å². The van der Waals surface area contributed by atoms with Gasteiger partial charge in [0.2, 0.25) is 5.89 Å². The molecule has 0 spiro atoms. The summed E-state index contributed by atoms with van der Waals surface area (Å²) in [7, 11) is 0. The maximum absolute atomic E-state index is 10.2. The van der Waals surface area contributed by atoms with E-state index < -0.39 is 6.10 Å². The van der Waals surface area contributed by atoms with Crippen LogP contribution in [0.3, 0.4) is 0 Å². The molecule has 1 aliphatic carbocycles. The first-order valence-corrected chi connectivity index (χ1v) is 8.72. The molecule has 7 nitrogen and oxygen atoms in total. The summed E-state index contributed by atoms with van der Waals surface area (Å²) in [5, 5.41) is 14.3. The monoisotopic (exact) mass is 332 g/mol. The van der Waals surface area contributed by atoms with Gasteiger partial charge in [0, 0.05) is 38.6 Å². The Morgan fingerprint density at radius 3 is 2.75 bits per heavy atom. The van der Waals surface area contributed by atoms with Gasteiger partial charge in [-0.25, -0.2) is 0 Å². The van der Waals surface area contributed by atoms with Crippen LogP contribution in [0.1, 0.15) is 55.3 Å². The van der Waals surface area contributed by atoms with Crippen LogP contribution in [0.4, 0.5) is 0 Å². The first kappa shape index (κ1) is 15.8. The van der Waals surface area contributed by atoms with Gasteiger partial charge < -0.3 is 14.0 Å². The van der Waals surface area contributed by atoms with Crippen LogP contribution in [0.15, 0.2) is 27.3 Å². The molecule has 2 aromatic rings. The second-order valence-corrected chi connectivity index (χ2v) is 6.81. The number of aliphatic hydroxyl groups excluding tert-OH is 1. The van der Waals surface area contributed by atoms with E-state index in [2.05, 4.69) is 26.9 Å². The lowest BCUT2D eigenvalue weighted by molar-refractivity contribution is 0.0452. The minimum absolute atomic E-state index is 0.141. The highest BCUT2D eigenvalue weighted by Gasteiger charge is 2.31. The maximum atomic E-state index is 10.2. The number of piperazine rings is 1. The Morgan fingerprint density at radius 1 is 1.29 bits per heavy atom. The van der Waals surface area contributed by atoms with Crippen LogP contribution in [-0.2, 0) is 0 Å². The summed E-state index contributed by atoms with van der Waals surface area (Å²) in [5.41, 5.74) is 0. The number of rotatable bonds is 6. The van der Waals surface area contributed by atoms with Gasteiger partial charge in [-0.2, -0.15) is 4.98 Å². The quantitative estimate of drug-likeness (QED) is 0.866. The van der Waals surface area contributed by atoms with E-state index in [0.717, 1.165) is 37.9 Å². The van der Waals surface area contributed by atoms with Crippen LogP contribution in [0.25, 0.3) is 0 Å². The molecular weight excluding hydrogens is 308 g/mol. The lowest BCUT2D eigenvalue weighted by atomic mass is 10.2. The third-order valence-electron chi connectivity index (χ3n) is 5.01. The molecule has 24 heavy (non-hydrogen) atoms. The van der Waals surface area contributed by atoms with Gasteiger partial charge in [-0.1, -0.05) is 5.16 Å². The van der Waals surface area contributed by atoms with Gasteiger partial charge in [0.15, 0.2) is 5.82 Å². The van der Waals surface area contributed by atoms with Crippen LogP contribution in [0.2, 0.25) is 0 Å². The second-order valence-electron chi connectivity index (χ2n) is 6.81. The van der Waals surface area contributed by atoms with E-state index in [1.165, 1.54) is 12.8 Å². The van der Waals surface area contributed by atoms with Crippen molar-refractivity contribution in [2.75, 3.05) is 32.7 Å². The van der Waals surface area contributed by atoms with Gasteiger partial charge in [0.05, 0.1) is 12.3 Å². The van der Waals surface area contributed by atoms with Crippen molar-refractivity contribution >= 4 is 0 Å². The predicted octanol–water partition coefficient (Wildman–Crippen LogP) is 1.95. The van der Waals surface area contributed by atoms with E-state index in [4.69, 9.17) is 8.94 Å². The van der Waals surface area contributed by atoms with E-state index in [0.29, 0.717) is 18.2 Å². The van der Waals surface area contributed by atoms with Crippen LogP contribution in [-0.4, -0.2) is 57.8 Å². The van der Waals surface area contributed by atoms with Crippen molar-refractivity contribution in [1.29, 1.82) is 0 Å². The molecule has 3 heterocycles. The third-order valence-corrected chi connectivity index (χ3v) is 5.01. The normalized spacial score (nSPS) is 22.6. The fourth-order valence-corrected chi connectivity index (χ4v) is 3.23. The molecule has 7 heteroatoms. The molecule has 1 aliphatic heterocycles. The van der Waals surface area contributed by atoms with E-state index >= 15 is 0 Å². The number of hydrogen-bond donors (Lipinski definition) is 1. The van der Waals surface area contributed by atoms with E-state index in [-0.39, 0.29) is 6.04 Å². The van der Waals surface area contributed by atoms with Crippen LogP contribution >= 0.6 is 0 Å². The Labute approximate surface area is 141 Å². The fraction of sp³-hybridized carbons (Fsp3) is 0.647. The van der Waals surface area contributed by atoms with Gasteiger partial charge in [-0.05, 0) is 31.9 Å². The lowest BCUT2D eigenvalue weighted by Gasteiger charge is -2.37. The molecule has 0 bridgehead atoms. The molecule has 2 aromatic heterocycles. The highest BCUT2D eigenvalue weighted by molar-refractivity contribution is 5.05. The number of furan rings is 1. The number of β-amino-alcohol motifs (C(OH)–C–C–N with tert-alkyl or cyclic N) is 1. The molecule has 130 valence electrons. The molecule has 1 N–H and O–H groups in total. The zero-order chi connectivity index (χ0) is 16.5. The summed E-state index contributed by atoms with van der Waals surface area (Å²) in [6, 6.07) is 3.76. The largest absolute Gasteiger partial charge is 0.467 e. The number of aromatic nitrogens is 2. The predicted molar refractivity (Wildman–Crippen MR) is 86.4 cm³/mol. The molecule has 1 saturated heterocycles. The number of hydrogen-bond acceptors (Lipinski definition) is 7. The zero-order valence-electron chi connectivity index (χ0n) is 14.0. The molecule has 0 aromatic carbocycles. The van der Waals surface area contributed by atoms with E-state index in [9.17, 15) is 5.11 Å². The van der Waals surface area contributed by atoms with Crippen molar-refractivity contribution in [2.24, 2.45) is 0 Å². The van der Waals surface area contributed by atoms with Crippen molar-refractivity contribution < 1.29 is 14.0 Å². The number of aliphatic hydroxyl groups is 1. The summed E-state index contributed by atoms with van der Waals surface area (Å²) in [4.78, 5) is 9.19. The molecule has 2 aliphatic rings. The fourth-order valence-electron chi connectivity index (χ4n) is 3.23. The molecular formula is C17H24N4O3. The lowest BCUT2D eigenvalue weighted by Crippen LogP contribution is -2.48. The SMILES string of the molecule is C[C@@H](c1nc(C2CC2)no1)N1CCN(C[C@H](O)c2ccco2)CC1. The zero-order valence-corrected chi connectivity index (χ0v) is 14.0. The molecule has 0 radical (unpaired) electrons. The standard InChI is InChI=1S/C17H24N4O3/c1-12(17-18-16(19-24-17)13-4-5-13)21-8-6-20(7-9-21)11-14(22)15-3-2-10-23-15/h2-3,10,12-14,22H,4-9,11H2,1H3/t12-,14-/m0/s1. The van der Waals surface area contributed by atoms with Gasteiger partial charge in [-0.3, -0.25) is 9.80 Å². The first-order valence-electron chi connectivity index (χ1n) is 8.72. The number of nitrogens with zero attached hydrogens (tertiary/aromatic N) is 4. The molecule has 2 atom stereocenters. The Bertz CT molecular complexity index is 645. The summed E-state index contributed by atoms with van der Waals surface area (Å²) in [6.45, 7) is 6.39. The van der Waals surface area contributed by atoms with Gasteiger partial charge in [0.25, 0.3) is 0 Å². The van der Waals surface area contributed by atoms with Crippen molar-refractivity contribution in [3.63, 3.8) is 0 Å². The average Bonchev–Trinajstić information content (AvgIpc) is 3.12. The summed E-state index contributed by atoms with van der Waals surface area (Å²) in [6.07, 6.45) is 3.40. The van der Waals surface area contributed by atoms with Crippen molar-refractivity contribution in [3.05, 3.63) is 35.9 Å². The van der Waals surface area contributed by atoms with Crippen LogP contribution in [0, 0.1) is 0 Å². The van der Waals surface area contributed by atoms with Crippen LogP contribution in [0.5, 0.6) is 0 Å². The Kier molecular flexibility index (Phi) is 4.39. The minimum atomic E-state index is -0.569. The summed E-state index contributed by atoms with van der Waals surface area (Å²) in [5.74, 6) is 2.75. The molecule has 2 fully saturated rings. The van der Waals surface area contributed by atoms with E-state index in [1.807, 2.05) is 6.07 Å². The van der Waals surface area contributed by atoms with Crippen molar-refractivity contribution in [3.8, 4) is 0 Å². The first-order chi connectivity index (χ1) is 11.7. The Hall–Kier alpha value is -1.70. The van der Waals surface area contributed by atoms with Gasteiger partial charge >= 0.3 is 0 Å². The smallest absolute Gasteiger partial charge is 0.243 e. The van der Waals surface area contributed by atoms with Crippen molar-refractivity contribution in [2.45, 2.75) is 37.8 Å². The highest BCUT2D eigenvalue weighted by Crippen LogP contribution is 2.38. The second kappa shape index (κ2) is 6.66. The maximum Gasteiger partial charge on any atom is 0.243 e. The minimum Gasteiger partial charge on any atom is -0.467 e.